The second-order valence-corrected chi connectivity index (χ2v) is 8.96. The molecule has 0 aliphatic carbocycles. The third-order valence-corrected chi connectivity index (χ3v) is 5.71. The van der Waals surface area contributed by atoms with E-state index in [4.69, 9.17) is 0 Å². The number of rotatable bonds is 5. The van der Waals surface area contributed by atoms with Crippen LogP contribution < -0.4 is 10.2 Å². The Balaban J connectivity index is 1.58. The highest BCUT2D eigenvalue weighted by Crippen LogP contribution is 2.24. The fraction of sp³-hybridized carbons (Fsp3) is 0.440. The van der Waals surface area contributed by atoms with Crippen LogP contribution in [0.3, 0.4) is 0 Å². The van der Waals surface area contributed by atoms with Gasteiger partial charge in [-0.15, -0.1) is 0 Å². The number of Topliss-reactive ketones (excluding diaryl/α,β-unsaturated/α-hetero) is 1. The maximum absolute atomic E-state index is 12.8. The molecule has 5 nitrogen and oxygen atoms in total. The Bertz CT molecular complexity index is 848. The lowest BCUT2D eigenvalue weighted by atomic mass is 9.83. The molecule has 0 radical (unpaired) electrons. The second kappa shape index (κ2) is 9.33. The summed E-state index contributed by atoms with van der Waals surface area (Å²) in [6.07, 6.45) is 0.426. The molecule has 1 N–H and O–H groups in total. The van der Waals surface area contributed by atoms with Gasteiger partial charge >= 0.3 is 6.03 Å². The molecule has 0 bridgehead atoms. The molecular weight excluding hydrogens is 374 g/mol. The number of nitrogens with zero attached hydrogens (tertiary/aromatic N) is 2. The molecule has 5 heteroatoms. The Morgan fingerprint density at radius 2 is 1.47 bits per heavy atom. The van der Waals surface area contributed by atoms with E-state index in [-0.39, 0.29) is 17.2 Å². The third-order valence-electron chi connectivity index (χ3n) is 5.71. The SMILES string of the molecule is CCC(=O)[C@@H](NC(=O)N1CCN(c2ccc(-c3ccccc3)cc2)CC1)C(C)(C)C. The number of amides is 2. The molecule has 0 spiro atoms. The van der Waals surface area contributed by atoms with Crippen LogP contribution in [-0.2, 0) is 4.79 Å². The van der Waals surface area contributed by atoms with E-state index in [0.717, 1.165) is 13.1 Å². The van der Waals surface area contributed by atoms with Gasteiger partial charge in [0.1, 0.15) is 0 Å². The topological polar surface area (TPSA) is 52.7 Å². The van der Waals surface area contributed by atoms with Gasteiger partial charge in [0.05, 0.1) is 6.04 Å². The van der Waals surface area contributed by atoms with Crippen molar-refractivity contribution in [2.45, 2.75) is 40.2 Å². The number of hydrogen-bond donors (Lipinski definition) is 1. The van der Waals surface area contributed by atoms with E-state index in [1.165, 1.54) is 16.8 Å². The zero-order valence-corrected chi connectivity index (χ0v) is 18.5. The molecule has 1 heterocycles. The Hall–Kier alpha value is -2.82. The van der Waals surface area contributed by atoms with Gasteiger partial charge in [-0.1, -0.05) is 70.2 Å². The standard InChI is InChI=1S/C25H33N3O2/c1-5-22(29)23(25(2,3)4)26-24(30)28-17-15-27(16-18-28)21-13-11-20(12-14-21)19-9-7-6-8-10-19/h6-14,23H,5,15-18H2,1-4H3,(H,26,30)/t23-/m1/s1. The Labute approximate surface area is 180 Å². The molecule has 3 rings (SSSR count). The fourth-order valence-electron chi connectivity index (χ4n) is 3.86. The number of piperazine rings is 1. The Kier molecular flexibility index (Phi) is 6.80. The number of benzene rings is 2. The molecule has 160 valence electrons. The number of anilines is 1. The Morgan fingerprint density at radius 3 is 2.00 bits per heavy atom. The first-order valence-electron chi connectivity index (χ1n) is 10.8. The maximum atomic E-state index is 12.8. The van der Waals surface area contributed by atoms with Crippen molar-refractivity contribution in [3.63, 3.8) is 0 Å². The van der Waals surface area contributed by atoms with Crippen LogP contribution in [-0.4, -0.2) is 48.9 Å². The zero-order valence-electron chi connectivity index (χ0n) is 18.5. The lowest BCUT2D eigenvalue weighted by Crippen LogP contribution is -2.57. The molecule has 0 saturated carbocycles. The average Bonchev–Trinajstić information content (AvgIpc) is 2.77. The van der Waals surface area contributed by atoms with Gasteiger partial charge in [0.25, 0.3) is 0 Å². The number of ketones is 1. The van der Waals surface area contributed by atoms with Crippen molar-refractivity contribution < 1.29 is 9.59 Å². The second-order valence-electron chi connectivity index (χ2n) is 8.96. The number of carbonyl (C=O) groups is 2. The lowest BCUT2D eigenvalue weighted by molar-refractivity contribution is -0.122. The predicted molar refractivity (Wildman–Crippen MR) is 123 cm³/mol. The lowest BCUT2D eigenvalue weighted by Gasteiger charge is -2.38. The summed E-state index contributed by atoms with van der Waals surface area (Å²) in [6.45, 7) is 10.6. The minimum absolute atomic E-state index is 0.0768. The fourth-order valence-corrected chi connectivity index (χ4v) is 3.86. The molecule has 0 unspecified atom stereocenters. The van der Waals surface area contributed by atoms with E-state index in [1.54, 1.807) is 0 Å². The predicted octanol–water partition coefficient (Wildman–Crippen LogP) is 4.58. The number of urea groups is 1. The van der Waals surface area contributed by atoms with Gasteiger partial charge in [0, 0.05) is 38.3 Å². The summed E-state index contributed by atoms with van der Waals surface area (Å²) in [4.78, 5) is 29.2. The molecule has 0 aromatic heterocycles. The number of nitrogens with one attached hydrogen (secondary N) is 1. The first-order chi connectivity index (χ1) is 14.3. The quantitative estimate of drug-likeness (QED) is 0.789. The van der Waals surface area contributed by atoms with E-state index in [9.17, 15) is 9.59 Å². The summed E-state index contributed by atoms with van der Waals surface area (Å²) in [6, 6.07) is 18.3. The van der Waals surface area contributed by atoms with Crippen molar-refractivity contribution in [3.8, 4) is 11.1 Å². The monoisotopic (exact) mass is 407 g/mol. The summed E-state index contributed by atoms with van der Waals surface area (Å²) in [5.41, 5.74) is 3.28. The van der Waals surface area contributed by atoms with Gasteiger partial charge < -0.3 is 15.1 Å². The molecule has 1 atom stereocenters. The average molecular weight is 408 g/mol. The van der Waals surface area contributed by atoms with Crippen LogP contribution in [0.5, 0.6) is 0 Å². The van der Waals surface area contributed by atoms with Gasteiger partial charge in [-0.2, -0.15) is 0 Å². The summed E-state index contributed by atoms with van der Waals surface area (Å²) in [5, 5.41) is 2.98. The molecule has 1 saturated heterocycles. The van der Waals surface area contributed by atoms with Gasteiger partial charge in [-0.25, -0.2) is 4.79 Å². The summed E-state index contributed by atoms with van der Waals surface area (Å²) >= 11 is 0. The van der Waals surface area contributed by atoms with Gasteiger partial charge in [0.15, 0.2) is 5.78 Å². The molecule has 1 aliphatic rings. The molecule has 1 fully saturated rings. The van der Waals surface area contributed by atoms with Crippen molar-refractivity contribution in [1.82, 2.24) is 10.2 Å². The van der Waals surface area contributed by atoms with E-state index in [1.807, 2.05) is 50.8 Å². The van der Waals surface area contributed by atoms with E-state index < -0.39 is 6.04 Å². The number of hydrogen-bond acceptors (Lipinski definition) is 3. The van der Waals surface area contributed by atoms with Crippen molar-refractivity contribution in [2.24, 2.45) is 5.41 Å². The van der Waals surface area contributed by atoms with Crippen LogP contribution in [0.4, 0.5) is 10.5 Å². The molecule has 30 heavy (non-hydrogen) atoms. The minimum atomic E-state index is -0.460. The molecular formula is C25H33N3O2. The van der Waals surface area contributed by atoms with E-state index in [2.05, 4.69) is 46.6 Å². The van der Waals surface area contributed by atoms with Gasteiger partial charge in [-0.3, -0.25) is 4.79 Å². The van der Waals surface area contributed by atoms with Gasteiger partial charge in [0.2, 0.25) is 0 Å². The van der Waals surface area contributed by atoms with Crippen molar-refractivity contribution in [3.05, 3.63) is 54.6 Å². The summed E-state index contributed by atoms with van der Waals surface area (Å²) in [7, 11) is 0. The van der Waals surface area contributed by atoms with Crippen LogP contribution in [0, 0.1) is 5.41 Å². The van der Waals surface area contributed by atoms with Crippen LogP contribution >= 0.6 is 0 Å². The highest BCUT2D eigenvalue weighted by Gasteiger charge is 2.33. The normalized spacial score (nSPS) is 15.6. The van der Waals surface area contributed by atoms with Gasteiger partial charge in [-0.05, 0) is 28.7 Å². The highest BCUT2D eigenvalue weighted by molar-refractivity contribution is 5.89. The highest BCUT2D eigenvalue weighted by atomic mass is 16.2. The van der Waals surface area contributed by atoms with E-state index >= 15 is 0 Å². The Morgan fingerprint density at radius 1 is 0.900 bits per heavy atom. The first-order valence-corrected chi connectivity index (χ1v) is 10.8. The van der Waals surface area contributed by atoms with Crippen molar-refractivity contribution in [2.75, 3.05) is 31.1 Å². The maximum Gasteiger partial charge on any atom is 0.318 e. The summed E-state index contributed by atoms with van der Waals surface area (Å²) < 4.78 is 0. The van der Waals surface area contributed by atoms with Crippen molar-refractivity contribution >= 4 is 17.5 Å². The van der Waals surface area contributed by atoms with E-state index in [0.29, 0.717) is 19.5 Å². The molecule has 2 amide bonds. The van der Waals surface area contributed by atoms with Crippen molar-refractivity contribution in [1.29, 1.82) is 0 Å². The van der Waals surface area contributed by atoms with Crippen LogP contribution in [0.2, 0.25) is 0 Å². The summed E-state index contributed by atoms with van der Waals surface area (Å²) in [5.74, 6) is 0.0768. The zero-order chi connectivity index (χ0) is 21.7. The number of carbonyl (C=O) groups excluding carboxylic acids is 2. The molecule has 2 aromatic rings. The smallest absolute Gasteiger partial charge is 0.318 e. The molecule has 2 aromatic carbocycles. The minimum Gasteiger partial charge on any atom is -0.368 e. The first kappa shape index (κ1) is 21.9. The van der Waals surface area contributed by atoms with Crippen LogP contribution in [0.25, 0.3) is 11.1 Å². The third kappa shape index (κ3) is 5.21. The largest absolute Gasteiger partial charge is 0.368 e. The van der Waals surface area contributed by atoms with Crippen LogP contribution in [0.1, 0.15) is 34.1 Å². The molecule has 1 aliphatic heterocycles. The van der Waals surface area contributed by atoms with Crippen LogP contribution in [0.15, 0.2) is 54.6 Å².